The zero-order valence-corrected chi connectivity index (χ0v) is 14.7. The van der Waals surface area contributed by atoms with Gasteiger partial charge in [-0.25, -0.2) is 13.1 Å². The summed E-state index contributed by atoms with van der Waals surface area (Å²) < 4.78 is 37.6. The Kier molecular flexibility index (Phi) is 5.24. The third kappa shape index (κ3) is 4.04. The molecule has 1 heterocycles. The number of ether oxygens (including phenoxy) is 2. The van der Waals surface area contributed by atoms with Crippen molar-refractivity contribution in [3.63, 3.8) is 0 Å². The van der Waals surface area contributed by atoms with Crippen LogP contribution in [-0.2, 0) is 10.0 Å². The molecule has 0 unspecified atom stereocenters. The Bertz CT molecular complexity index is 940. The molecule has 0 fully saturated rings. The van der Waals surface area contributed by atoms with Gasteiger partial charge in [-0.15, -0.1) is 6.58 Å². The Balaban J connectivity index is 1.78. The van der Waals surface area contributed by atoms with E-state index in [4.69, 9.17) is 9.47 Å². The lowest BCUT2D eigenvalue weighted by Crippen LogP contribution is -2.24. The van der Waals surface area contributed by atoms with Crippen molar-refractivity contribution >= 4 is 21.6 Å². The molecule has 0 bridgehead atoms. The molecule has 0 atom stereocenters. The number of hydrogen-bond donors (Lipinski definition) is 2. The van der Waals surface area contributed by atoms with Gasteiger partial charge in [0.25, 0.3) is 5.91 Å². The minimum absolute atomic E-state index is 0.00849. The molecule has 0 aromatic heterocycles. The zero-order chi connectivity index (χ0) is 18.6. The van der Waals surface area contributed by atoms with E-state index < -0.39 is 15.9 Å². The summed E-state index contributed by atoms with van der Waals surface area (Å²) in [6.07, 6.45) is 1.44. The summed E-state index contributed by atoms with van der Waals surface area (Å²) in [5.41, 5.74) is 0.749. The molecule has 0 saturated carbocycles. The summed E-state index contributed by atoms with van der Waals surface area (Å²) in [6, 6.07) is 10.9. The Labute approximate surface area is 151 Å². The minimum Gasteiger partial charge on any atom is -0.486 e. The number of rotatable bonds is 6. The second kappa shape index (κ2) is 7.59. The summed E-state index contributed by atoms with van der Waals surface area (Å²) in [5.74, 6) is 0.747. The first-order valence-electron chi connectivity index (χ1n) is 7.91. The van der Waals surface area contributed by atoms with Crippen molar-refractivity contribution in [3.8, 4) is 11.5 Å². The largest absolute Gasteiger partial charge is 0.486 e. The van der Waals surface area contributed by atoms with Crippen molar-refractivity contribution in [2.24, 2.45) is 0 Å². The highest BCUT2D eigenvalue weighted by Crippen LogP contribution is 2.32. The molecule has 1 amide bonds. The van der Waals surface area contributed by atoms with Gasteiger partial charge in [0.2, 0.25) is 10.0 Å². The highest BCUT2D eigenvalue weighted by atomic mass is 32.2. The van der Waals surface area contributed by atoms with Crippen LogP contribution in [0.5, 0.6) is 11.5 Å². The predicted molar refractivity (Wildman–Crippen MR) is 97.2 cm³/mol. The van der Waals surface area contributed by atoms with Crippen LogP contribution in [0.15, 0.2) is 60.0 Å². The lowest BCUT2D eigenvalue weighted by atomic mass is 10.2. The molecule has 2 aromatic rings. The molecule has 2 aromatic carbocycles. The standard InChI is InChI=1S/C18H18N2O5S/c1-2-8-19-26(22,23)15-5-3-4-13(11-15)18(21)20-14-6-7-16-17(12-14)25-10-9-24-16/h2-7,11-12,19H,1,8-10H2,(H,20,21). The number of carbonyl (C=O) groups is 1. The van der Waals surface area contributed by atoms with Crippen LogP contribution in [0.2, 0.25) is 0 Å². The van der Waals surface area contributed by atoms with Crippen molar-refractivity contribution < 1.29 is 22.7 Å². The van der Waals surface area contributed by atoms with Crippen molar-refractivity contribution in [1.82, 2.24) is 4.72 Å². The molecule has 1 aliphatic heterocycles. The van der Waals surface area contributed by atoms with Gasteiger partial charge in [0.1, 0.15) is 13.2 Å². The molecule has 3 rings (SSSR count). The molecule has 136 valence electrons. The summed E-state index contributed by atoms with van der Waals surface area (Å²) >= 11 is 0. The maximum Gasteiger partial charge on any atom is 0.255 e. The van der Waals surface area contributed by atoms with E-state index in [1.807, 2.05) is 0 Å². The summed E-state index contributed by atoms with van der Waals surface area (Å²) in [5, 5.41) is 2.72. The van der Waals surface area contributed by atoms with Crippen LogP contribution in [0, 0.1) is 0 Å². The quantitative estimate of drug-likeness (QED) is 0.756. The third-order valence-electron chi connectivity index (χ3n) is 3.62. The van der Waals surface area contributed by atoms with Gasteiger partial charge in [0.05, 0.1) is 4.90 Å². The summed E-state index contributed by atoms with van der Waals surface area (Å²) in [7, 11) is -3.70. The van der Waals surface area contributed by atoms with Crippen LogP contribution in [0.1, 0.15) is 10.4 Å². The number of carbonyl (C=O) groups excluding carboxylic acids is 1. The molecular formula is C18H18N2O5S. The van der Waals surface area contributed by atoms with E-state index in [0.717, 1.165) is 0 Å². The fourth-order valence-corrected chi connectivity index (χ4v) is 3.42. The van der Waals surface area contributed by atoms with Gasteiger partial charge >= 0.3 is 0 Å². The minimum atomic E-state index is -3.70. The van der Waals surface area contributed by atoms with Gasteiger partial charge in [-0.3, -0.25) is 4.79 Å². The molecule has 7 nitrogen and oxygen atoms in total. The highest BCUT2D eigenvalue weighted by Gasteiger charge is 2.17. The van der Waals surface area contributed by atoms with E-state index in [1.165, 1.54) is 24.3 Å². The van der Waals surface area contributed by atoms with Crippen molar-refractivity contribution in [1.29, 1.82) is 0 Å². The van der Waals surface area contributed by atoms with E-state index in [2.05, 4.69) is 16.6 Å². The number of anilines is 1. The van der Waals surface area contributed by atoms with Gasteiger partial charge < -0.3 is 14.8 Å². The molecule has 8 heteroatoms. The normalized spacial score (nSPS) is 13.1. The fourth-order valence-electron chi connectivity index (χ4n) is 2.38. The first-order chi connectivity index (χ1) is 12.5. The number of sulfonamides is 1. The van der Waals surface area contributed by atoms with Gasteiger partial charge in [-0.05, 0) is 30.3 Å². The topological polar surface area (TPSA) is 93.7 Å². The number of fused-ring (bicyclic) bond motifs is 1. The molecular weight excluding hydrogens is 356 g/mol. The van der Waals surface area contributed by atoms with Gasteiger partial charge in [-0.1, -0.05) is 12.1 Å². The summed E-state index contributed by atoms with van der Waals surface area (Å²) in [4.78, 5) is 12.5. The molecule has 1 aliphatic rings. The van der Waals surface area contributed by atoms with Gasteiger partial charge in [0.15, 0.2) is 11.5 Å². The maximum absolute atomic E-state index is 12.5. The SMILES string of the molecule is C=CCNS(=O)(=O)c1cccc(C(=O)Nc2ccc3c(c2)OCCO3)c1. The first-order valence-corrected chi connectivity index (χ1v) is 9.39. The van der Waals surface area contributed by atoms with E-state index >= 15 is 0 Å². The second-order valence-corrected chi connectivity index (χ2v) is 7.25. The number of hydrogen-bond acceptors (Lipinski definition) is 5. The molecule has 0 saturated heterocycles. The molecule has 26 heavy (non-hydrogen) atoms. The summed E-state index contributed by atoms with van der Waals surface area (Å²) in [6.45, 7) is 4.51. The molecule has 0 spiro atoms. The van der Waals surface area contributed by atoms with Crippen LogP contribution < -0.4 is 19.5 Å². The fraction of sp³-hybridized carbons (Fsp3) is 0.167. The predicted octanol–water partition coefficient (Wildman–Crippen LogP) is 2.17. The maximum atomic E-state index is 12.5. The van der Waals surface area contributed by atoms with E-state index in [0.29, 0.717) is 30.4 Å². The Morgan fingerprint density at radius 3 is 2.65 bits per heavy atom. The van der Waals surface area contributed by atoms with Crippen molar-refractivity contribution in [2.45, 2.75) is 4.90 Å². The van der Waals surface area contributed by atoms with Gasteiger partial charge in [0, 0.05) is 23.9 Å². The average Bonchev–Trinajstić information content (AvgIpc) is 2.66. The van der Waals surface area contributed by atoms with Gasteiger partial charge in [-0.2, -0.15) is 0 Å². The number of amides is 1. The third-order valence-corrected chi connectivity index (χ3v) is 5.05. The highest BCUT2D eigenvalue weighted by molar-refractivity contribution is 7.89. The van der Waals surface area contributed by atoms with Crippen LogP contribution in [0.4, 0.5) is 5.69 Å². The first kappa shape index (κ1) is 18.0. The van der Waals surface area contributed by atoms with E-state index in [1.54, 1.807) is 24.3 Å². The van der Waals surface area contributed by atoms with Crippen LogP contribution >= 0.6 is 0 Å². The lowest BCUT2D eigenvalue weighted by molar-refractivity contribution is 0.102. The molecule has 2 N–H and O–H groups in total. The number of nitrogens with one attached hydrogen (secondary N) is 2. The number of benzene rings is 2. The van der Waals surface area contributed by atoms with Crippen molar-refractivity contribution in [3.05, 3.63) is 60.7 Å². The zero-order valence-electron chi connectivity index (χ0n) is 13.9. The Morgan fingerprint density at radius 1 is 1.12 bits per heavy atom. The van der Waals surface area contributed by atoms with Crippen LogP contribution in [0.25, 0.3) is 0 Å². The second-order valence-electron chi connectivity index (χ2n) is 5.48. The van der Waals surface area contributed by atoms with E-state index in [9.17, 15) is 13.2 Å². The Morgan fingerprint density at radius 2 is 1.88 bits per heavy atom. The average molecular weight is 374 g/mol. The Hall–Kier alpha value is -2.84. The van der Waals surface area contributed by atoms with Crippen LogP contribution in [-0.4, -0.2) is 34.1 Å². The smallest absolute Gasteiger partial charge is 0.255 e. The lowest BCUT2D eigenvalue weighted by Gasteiger charge is -2.19. The van der Waals surface area contributed by atoms with Crippen molar-refractivity contribution in [2.75, 3.05) is 25.1 Å². The molecule has 0 radical (unpaired) electrons. The monoisotopic (exact) mass is 374 g/mol. The molecule has 0 aliphatic carbocycles. The van der Waals surface area contributed by atoms with Crippen LogP contribution in [0.3, 0.4) is 0 Å². The van der Waals surface area contributed by atoms with E-state index in [-0.39, 0.29) is 17.0 Å².